The maximum Gasteiger partial charge on any atom is 0.416 e. The van der Waals surface area contributed by atoms with E-state index in [-0.39, 0.29) is 11.8 Å². The Labute approximate surface area is 137 Å². The van der Waals surface area contributed by atoms with Crippen LogP contribution in [-0.4, -0.2) is 15.8 Å². The van der Waals surface area contributed by atoms with Crippen LogP contribution in [0.1, 0.15) is 16.7 Å². The molecule has 0 unspecified atom stereocenters. The Morgan fingerprint density at radius 2 is 1.91 bits per heavy atom. The van der Waals surface area contributed by atoms with Crippen LogP contribution in [0.4, 0.5) is 4.79 Å². The van der Waals surface area contributed by atoms with Crippen LogP contribution >= 0.6 is 11.6 Å². The molecule has 0 aliphatic carbocycles. The number of hydrogen-bond acceptors (Lipinski definition) is 2. The molecule has 3 rings (SSSR count). The Kier molecular flexibility index (Phi) is 3.92. The maximum absolute atomic E-state index is 12.7. The van der Waals surface area contributed by atoms with Gasteiger partial charge in [0, 0.05) is 28.6 Å². The molecule has 1 aromatic heterocycles. The molecule has 1 heterocycles. The molecule has 0 fully saturated rings. The van der Waals surface area contributed by atoms with Gasteiger partial charge in [0.05, 0.1) is 5.52 Å². The van der Waals surface area contributed by atoms with Crippen molar-refractivity contribution in [3.8, 4) is 0 Å². The number of carbonyl (C=O) groups is 1. The monoisotopic (exact) mass is 327 g/mol. The summed E-state index contributed by atoms with van der Waals surface area (Å²) in [5, 5.41) is 10.4. The summed E-state index contributed by atoms with van der Waals surface area (Å²) in [6, 6.07) is 12.4. The molecule has 3 aromatic rings. The summed E-state index contributed by atoms with van der Waals surface area (Å²) in [7, 11) is 0. The van der Waals surface area contributed by atoms with E-state index in [0.717, 1.165) is 15.7 Å². The van der Waals surface area contributed by atoms with Crippen molar-refractivity contribution in [3.05, 3.63) is 80.6 Å². The fourth-order valence-corrected chi connectivity index (χ4v) is 2.83. The van der Waals surface area contributed by atoms with E-state index < -0.39 is 6.09 Å². The Bertz CT molecular complexity index is 976. The number of nitrogens with zero attached hydrogens (tertiary/aromatic N) is 1. The second kappa shape index (κ2) is 5.89. The number of hydrogen-bond donors (Lipinski definition) is 1. The fourth-order valence-electron chi connectivity index (χ4n) is 2.63. The first-order valence-corrected chi connectivity index (χ1v) is 7.47. The first-order chi connectivity index (χ1) is 11.0. The lowest BCUT2D eigenvalue weighted by Crippen LogP contribution is -2.19. The van der Waals surface area contributed by atoms with Crippen LogP contribution in [-0.2, 0) is 6.42 Å². The van der Waals surface area contributed by atoms with Crippen LogP contribution in [0.3, 0.4) is 0 Å². The lowest BCUT2D eigenvalue weighted by atomic mass is 10.0. The maximum atomic E-state index is 12.7. The third kappa shape index (κ3) is 2.85. The Morgan fingerprint density at radius 1 is 1.17 bits per heavy atom. The van der Waals surface area contributed by atoms with Crippen molar-refractivity contribution >= 4 is 28.6 Å². The molecule has 0 radical (unpaired) electrons. The highest BCUT2D eigenvalue weighted by atomic mass is 35.5. The molecule has 0 spiro atoms. The zero-order valence-electron chi connectivity index (χ0n) is 12.4. The van der Waals surface area contributed by atoms with Gasteiger partial charge in [-0.3, -0.25) is 9.36 Å². The molecule has 2 aromatic carbocycles. The van der Waals surface area contributed by atoms with Crippen LogP contribution in [0.15, 0.2) is 53.5 Å². The summed E-state index contributed by atoms with van der Waals surface area (Å²) in [6.07, 6.45) is 0.542. The van der Waals surface area contributed by atoms with E-state index >= 15 is 0 Å². The highest BCUT2D eigenvalue weighted by Crippen LogP contribution is 2.20. The van der Waals surface area contributed by atoms with E-state index in [4.69, 9.17) is 11.6 Å². The van der Waals surface area contributed by atoms with Crippen molar-refractivity contribution in [2.24, 2.45) is 0 Å². The number of rotatable bonds is 2. The molecule has 0 aliphatic heterocycles. The quantitative estimate of drug-likeness (QED) is 0.771. The predicted octanol–water partition coefficient (Wildman–Crippen LogP) is 4.08. The topological polar surface area (TPSA) is 59.3 Å². The lowest BCUT2D eigenvalue weighted by molar-refractivity contribution is 0.197. The fraction of sp³-hybridized carbons (Fsp3) is 0.111. The minimum atomic E-state index is -1.13. The van der Waals surface area contributed by atoms with E-state index in [2.05, 4.69) is 0 Å². The Morgan fingerprint density at radius 3 is 2.61 bits per heavy atom. The molecular weight excluding hydrogens is 314 g/mol. The minimum absolute atomic E-state index is 0.166. The van der Waals surface area contributed by atoms with Gasteiger partial charge in [-0.25, -0.2) is 4.79 Å². The van der Waals surface area contributed by atoms with E-state index in [1.165, 1.54) is 6.20 Å². The SMILES string of the molecule is Cc1ccc2c(c1)c(=O)c(Cc1ccccc1Cl)cn2C(=O)O. The van der Waals surface area contributed by atoms with Gasteiger partial charge in [0.1, 0.15) is 0 Å². The normalized spacial score (nSPS) is 10.9. The van der Waals surface area contributed by atoms with Crippen molar-refractivity contribution in [2.75, 3.05) is 0 Å². The number of benzene rings is 2. The van der Waals surface area contributed by atoms with Crippen molar-refractivity contribution in [3.63, 3.8) is 0 Å². The third-order valence-corrected chi connectivity index (χ3v) is 4.15. The van der Waals surface area contributed by atoms with Crippen LogP contribution in [0, 0.1) is 6.92 Å². The molecule has 0 saturated carbocycles. The van der Waals surface area contributed by atoms with Crippen molar-refractivity contribution in [1.29, 1.82) is 0 Å². The summed E-state index contributed by atoms with van der Waals surface area (Å²) >= 11 is 6.15. The van der Waals surface area contributed by atoms with E-state index in [9.17, 15) is 14.7 Å². The first-order valence-electron chi connectivity index (χ1n) is 7.09. The predicted molar refractivity (Wildman–Crippen MR) is 90.6 cm³/mol. The second-order valence-corrected chi connectivity index (χ2v) is 5.83. The van der Waals surface area contributed by atoms with E-state index in [1.807, 2.05) is 25.1 Å². The molecule has 0 bridgehead atoms. The zero-order valence-corrected chi connectivity index (χ0v) is 13.2. The van der Waals surface area contributed by atoms with Crippen molar-refractivity contribution < 1.29 is 9.90 Å². The van der Waals surface area contributed by atoms with Gasteiger partial charge in [0.15, 0.2) is 5.43 Å². The average molecular weight is 328 g/mol. The minimum Gasteiger partial charge on any atom is -0.464 e. The van der Waals surface area contributed by atoms with E-state index in [0.29, 0.717) is 21.5 Å². The van der Waals surface area contributed by atoms with Crippen LogP contribution in [0.25, 0.3) is 10.9 Å². The van der Waals surface area contributed by atoms with Crippen molar-refractivity contribution in [1.82, 2.24) is 4.57 Å². The molecule has 23 heavy (non-hydrogen) atoms. The van der Waals surface area contributed by atoms with Gasteiger partial charge in [-0.15, -0.1) is 0 Å². The van der Waals surface area contributed by atoms with Gasteiger partial charge in [-0.2, -0.15) is 0 Å². The number of halogens is 1. The molecular formula is C18H14ClNO3. The van der Waals surface area contributed by atoms with Crippen LogP contribution in [0.2, 0.25) is 5.02 Å². The zero-order chi connectivity index (χ0) is 16.6. The van der Waals surface area contributed by atoms with Gasteiger partial charge >= 0.3 is 6.09 Å². The lowest BCUT2D eigenvalue weighted by Gasteiger charge is -2.11. The molecule has 116 valence electrons. The number of fused-ring (bicyclic) bond motifs is 1. The largest absolute Gasteiger partial charge is 0.464 e. The molecule has 5 heteroatoms. The highest BCUT2D eigenvalue weighted by molar-refractivity contribution is 6.31. The number of carboxylic acid groups (broad SMARTS) is 1. The Hall–Kier alpha value is -2.59. The standard InChI is InChI=1S/C18H14ClNO3/c1-11-6-7-16-14(8-11)17(21)13(10-20(16)18(22)23)9-12-4-2-3-5-15(12)19/h2-8,10H,9H2,1H3,(H,22,23). The van der Waals surface area contributed by atoms with Gasteiger partial charge in [-0.1, -0.05) is 41.4 Å². The van der Waals surface area contributed by atoms with Crippen LogP contribution < -0.4 is 5.43 Å². The number of aromatic nitrogens is 1. The van der Waals surface area contributed by atoms with Gasteiger partial charge in [-0.05, 0) is 30.7 Å². The highest BCUT2D eigenvalue weighted by Gasteiger charge is 2.14. The van der Waals surface area contributed by atoms with Gasteiger partial charge in [0.2, 0.25) is 0 Å². The Balaban J connectivity index is 2.25. The number of pyridine rings is 1. The first kappa shape index (κ1) is 15.3. The summed E-state index contributed by atoms with van der Waals surface area (Å²) in [6.45, 7) is 1.87. The smallest absolute Gasteiger partial charge is 0.416 e. The molecule has 0 aliphatic rings. The molecule has 0 saturated heterocycles. The van der Waals surface area contributed by atoms with E-state index in [1.54, 1.807) is 24.3 Å². The molecule has 0 atom stereocenters. The average Bonchev–Trinajstić information content (AvgIpc) is 2.52. The summed E-state index contributed by atoms with van der Waals surface area (Å²) in [5.41, 5.74) is 2.31. The third-order valence-electron chi connectivity index (χ3n) is 3.78. The summed E-state index contributed by atoms with van der Waals surface area (Å²) in [5.74, 6) is 0. The summed E-state index contributed by atoms with van der Waals surface area (Å²) in [4.78, 5) is 24.2. The van der Waals surface area contributed by atoms with Gasteiger partial charge < -0.3 is 5.11 Å². The number of aryl methyl sites for hydroxylation is 1. The molecule has 4 nitrogen and oxygen atoms in total. The molecule has 1 N–H and O–H groups in total. The molecule has 0 amide bonds. The van der Waals surface area contributed by atoms with Crippen molar-refractivity contribution in [2.45, 2.75) is 13.3 Å². The second-order valence-electron chi connectivity index (χ2n) is 5.42. The van der Waals surface area contributed by atoms with Crippen LogP contribution in [0.5, 0.6) is 0 Å². The van der Waals surface area contributed by atoms with Gasteiger partial charge in [0.25, 0.3) is 0 Å². The summed E-state index contributed by atoms with van der Waals surface area (Å²) < 4.78 is 1.09.